The largest absolute Gasteiger partial charge is 0.497 e. The maximum absolute atomic E-state index is 12.2. The van der Waals surface area contributed by atoms with Gasteiger partial charge in [-0.05, 0) is 288 Å². The first kappa shape index (κ1) is 100. The lowest BCUT2D eigenvalue weighted by Crippen LogP contribution is -2.12. The van der Waals surface area contributed by atoms with Gasteiger partial charge in [0.2, 0.25) is 0 Å². The van der Waals surface area contributed by atoms with E-state index in [2.05, 4.69) is 70.2 Å². The molecule has 0 saturated heterocycles. The Labute approximate surface area is 724 Å². The molecule has 5 unspecified atom stereocenters. The summed E-state index contributed by atoms with van der Waals surface area (Å²) in [5, 5.41) is 18.7. The van der Waals surface area contributed by atoms with Crippen molar-refractivity contribution in [1.29, 1.82) is 0 Å². The summed E-state index contributed by atoms with van der Waals surface area (Å²) in [5.74, 6) is 6.39. The molecule has 0 saturated carbocycles. The third-order valence-electron chi connectivity index (χ3n) is 22.3. The molecule has 0 heterocycles. The summed E-state index contributed by atoms with van der Waals surface area (Å²) >= 11 is 0. The Hall–Kier alpha value is -12.1. The molecule has 0 aliphatic heterocycles. The second-order valence-electron chi connectivity index (χ2n) is 30.1. The minimum absolute atomic E-state index is 0. The fraction of sp³-hybridized carbons (Fsp3) is 0.379. The van der Waals surface area contributed by atoms with Gasteiger partial charge in [0.1, 0.15) is 63.2 Å². The molecule has 0 fully saturated rings. The van der Waals surface area contributed by atoms with E-state index in [4.69, 9.17) is 61.6 Å². The van der Waals surface area contributed by atoms with Crippen molar-refractivity contribution < 1.29 is 91.0 Å². The number of esters is 2. The Morgan fingerprint density at radius 3 is 0.844 bits per heavy atom. The molecule has 10 aromatic carbocycles. The molecule has 0 aliphatic carbocycles. The van der Waals surface area contributed by atoms with Crippen LogP contribution in [0.5, 0.6) is 63.2 Å². The van der Waals surface area contributed by atoms with E-state index in [1.807, 2.05) is 198 Å². The van der Waals surface area contributed by atoms with Gasteiger partial charge in [-0.15, -0.1) is 0 Å². The maximum atomic E-state index is 12.2. The standard InChI is InChI=1S/C22H28O4.C21H26O3.C20H26O4.C20H24O4.C19H22O4.CH4/c1-7-26-22(23)13-19(17-8-9-20(24-5)15(3)11-17)18-10-14(2)16(4)21(12-18)25-6;1-6-24-21(22)13-19(17-9-7-14(2)8-10-17)18-11-15(3)16(4)20(12-18)23-5;1-12-8-20(24-7)16(11-17(12)21-4)13(2)15-9-18(22-5)14(3)19(10-15)23-6;1-12-8-16(10-19(24-5)14(12)3)17(11-20(21)22)15-6-7-18(23-4)13(2)9-15;1-12-9-15(10-18(23-4)13(12)2)17(11-19(20)21)14-5-7-16(22-3)8-6-14;/h8-12,19H,7,13H2,1-6H3;7-12,19H,6,13H2,1-5H3;8-11,13H,1-7H3;6-10,17H,11H2,1-5H3,(H,21,22);5-10,17H,11H2,1-4H3,(H,20,21);1H4. The summed E-state index contributed by atoms with van der Waals surface area (Å²) in [5.41, 5.74) is 24.3. The number of carbonyl (C=O) groups is 4. The van der Waals surface area contributed by atoms with E-state index in [-0.39, 0.29) is 68.2 Å². The molecular weight excluding hydrogens is 1540 g/mol. The van der Waals surface area contributed by atoms with Crippen LogP contribution in [0.1, 0.15) is 211 Å². The normalized spacial score (nSPS) is 11.7. The number of methoxy groups -OCH3 is 11. The van der Waals surface area contributed by atoms with Gasteiger partial charge in [-0.1, -0.05) is 105 Å². The van der Waals surface area contributed by atoms with Crippen molar-refractivity contribution in [2.75, 3.05) is 91.4 Å². The van der Waals surface area contributed by atoms with Gasteiger partial charge in [-0.2, -0.15) is 0 Å². The van der Waals surface area contributed by atoms with E-state index in [1.54, 1.807) is 78.2 Å². The highest BCUT2D eigenvalue weighted by molar-refractivity contribution is 5.73. The molecule has 10 rings (SSSR count). The maximum Gasteiger partial charge on any atom is 0.306 e. The van der Waals surface area contributed by atoms with Crippen molar-refractivity contribution in [3.8, 4) is 63.2 Å². The van der Waals surface area contributed by atoms with Crippen LogP contribution < -0.4 is 52.1 Å². The van der Waals surface area contributed by atoms with E-state index < -0.39 is 11.9 Å². The zero-order valence-corrected chi connectivity index (χ0v) is 76.0. The quantitative estimate of drug-likeness (QED) is 0.0385. The summed E-state index contributed by atoms with van der Waals surface area (Å²) in [6.07, 6.45) is 0.656. The van der Waals surface area contributed by atoms with Crippen molar-refractivity contribution >= 4 is 23.9 Å². The molecule has 0 spiro atoms. The summed E-state index contributed by atoms with van der Waals surface area (Å²) in [7, 11) is 18.2. The lowest BCUT2D eigenvalue weighted by molar-refractivity contribution is -0.144. The van der Waals surface area contributed by atoms with Crippen LogP contribution in [0.3, 0.4) is 0 Å². The van der Waals surface area contributed by atoms with Gasteiger partial charge in [0.05, 0.1) is 117 Å². The van der Waals surface area contributed by atoms with Crippen molar-refractivity contribution in [2.45, 2.75) is 173 Å². The van der Waals surface area contributed by atoms with Crippen LogP contribution in [0.2, 0.25) is 0 Å². The fourth-order valence-electron chi connectivity index (χ4n) is 14.7. The molecule has 10 aromatic rings. The highest BCUT2D eigenvalue weighted by atomic mass is 16.5. The number of carbonyl (C=O) groups excluding carboxylic acids is 2. The molecule has 19 nitrogen and oxygen atoms in total. The summed E-state index contributed by atoms with van der Waals surface area (Å²) in [6, 6.07) is 52.1. The van der Waals surface area contributed by atoms with Crippen LogP contribution in [-0.4, -0.2) is 126 Å². The van der Waals surface area contributed by atoms with Crippen LogP contribution >= 0.6 is 0 Å². The summed E-state index contributed by atoms with van der Waals surface area (Å²) < 4.78 is 70.2. The second kappa shape index (κ2) is 48.4. The third-order valence-corrected chi connectivity index (χ3v) is 22.3. The number of aryl methyl sites for hydroxylation is 8. The third kappa shape index (κ3) is 26.9. The minimum atomic E-state index is -0.831. The van der Waals surface area contributed by atoms with Crippen molar-refractivity contribution in [3.63, 3.8) is 0 Å². The molecule has 0 aliphatic rings. The van der Waals surface area contributed by atoms with E-state index in [1.165, 1.54) is 5.56 Å². The Morgan fingerprint density at radius 2 is 0.541 bits per heavy atom. The number of benzene rings is 10. The summed E-state index contributed by atoms with van der Waals surface area (Å²) in [4.78, 5) is 47.1. The van der Waals surface area contributed by atoms with Crippen LogP contribution in [0.25, 0.3) is 0 Å². The van der Waals surface area contributed by atoms with Crippen molar-refractivity contribution in [1.82, 2.24) is 0 Å². The van der Waals surface area contributed by atoms with Gasteiger partial charge in [-0.25, -0.2) is 0 Å². The highest BCUT2D eigenvalue weighted by Crippen LogP contribution is 2.43. The molecule has 19 heteroatoms. The lowest BCUT2D eigenvalue weighted by atomic mass is 9.86. The van der Waals surface area contributed by atoms with Gasteiger partial charge in [0.25, 0.3) is 0 Å². The molecule has 5 atom stereocenters. The van der Waals surface area contributed by atoms with Gasteiger partial charge in [-0.3, -0.25) is 19.2 Å². The Morgan fingerprint density at radius 1 is 0.270 bits per heavy atom. The first-order valence-electron chi connectivity index (χ1n) is 40.5. The average Bonchev–Trinajstić information content (AvgIpc) is 0.832. The van der Waals surface area contributed by atoms with E-state index in [0.29, 0.717) is 19.6 Å². The molecule has 2 N–H and O–H groups in total. The molecule has 0 aromatic heterocycles. The van der Waals surface area contributed by atoms with Crippen LogP contribution in [-0.2, 0) is 28.7 Å². The van der Waals surface area contributed by atoms with Crippen LogP contribution in [0.4, 0.5) is 0 Å². The predicted octanol–water partition coefficient (Wildman–Crippen LogP) is 22.7. The number of carboxylic acids is 2. The number of ether oxygens (including phenoxy) is 13. The van der Waals surface area contributed by atoms with Gasteiger partial charge in [0.15, 0.2) is 0 Å². The van der Waals surface area contributed by atoms with Gasteiger partial charge < -0.3 is 71.8 Å². The summed E-state index contributed by atoms with van der Waals surface area (Å²) in [6.45, 7) is 32.8. The molecule has 0 amide bonds. The molecule has 656 valence electrons. The Balaban J connectivity index is 0.000000271. The van der Waals surface area contributed by atoms with Crippen molar-refractivity contribution in [2.24, 2.45) is 0 Å². The zero-order valence-electron chi connectivity index (χ0n) is 76.0. The average molecular weight is 1670 g/mol. The smallest absolute Gasteiger partial charge is 0.306 e. The molecular formula is C103H130O19. The monoisotopic (exact) mass is 1670 g/mol. The van der Waals surface area contributed by atoms with E-state index in [9.17, 15) is 29.4 Å². The number of hydrogen-bond donors (Lipinski definition) is 2. The number of hydrogen-bond acceptors (Lipinski definition) is 17. The van der Waals surface area contributed by atoms with Crippen molar-refractivity contribution in [3.05, 3.63) is 286 Å². The van der Waals surface area contributed by atoms with Crippen LogP contribution in [0.15, 0.2) is 158 Å². The SMILES string of the molecule is C.CCOC(=O)CC(c1ccc(C)cc1)c1cc(C)c(C)c(OC)c1.CCOC(=O)CC(c1ccc(OC)c(C)c1)c1cc(C)c(C)c(OC)c1.COc1cc(C(C)c2cc(OC)c(C)c(OC)c2)c(OC)cc1C.COc1ccc(C(CC(=O)O)c2cc(C)c(C)c(OC)c2)cc1.COc1ccc(C(CC(=O)O)c2cc(C)c(C)c(OC)c2)cc1C. The Bertz CT molecular complexity index is 5090. The number of aliphatic carboxylic acids is 2. The number of rotatable bonds is 31. The molecule has 0 bridgehead atoms. The Kier molecular flexibility index (Phi) is 39.8. The fourth-order valence-corrected chi connectivity index (χ4v) is 14.7. The lowest BCUT2D eigenvalue weighted by Gasteiger charge is -2.21. The van der Waals surface area contributed by atoms with Gasteiger partial charge >= 0.3 is 23.9 Å². The number of carboxylic acid groups (broad SMARTS) is 2. The predicted molar refractivity (Wildman–Crippen MR) is 487 cm³/mol. The van der Waals surface area contributed by atoms with Crippen LogP contribution in [0, 0.1) is 90.0 Å². The topological polar surface area (TPSA) is 229 Å². The highest BCUT2D eigenvalue weighted by Gasteiger charge is 2.27. The minimum Gasteiger partial charge on any atom is -0.497 e. The van der Waals surface area contributed by atoms with E-state index in [0.717, 1.165) is 186 Å². The first-order valence-corrected chi connectivity index (χ1v) is 40.5. The second-order valence-corrected chi connectivity index (χ2v) is 30.1. The molecule has 122 heavy (non-hydrogen) atoms. The first-order chi connectivity index (χ1) is 57.6. The molecule has 0 radical (unpaired) electrons. The zero-order chi connectivity index (χ0) is 89.6. The van der Waals surface area contributed by atoms with Gasteiger partial charge in [0, 0.05) is 40.7 Å². The van der Waals surface area contributed by atoms with E-state index >= 15 is 0 Å².